The smallest absolute Gasteiger partial charge is 0.270 e. The highest BCUT2D eigenvalue weighted by Gasteiger charge is 2.34. The Bertz CT molecular complexity index is 1510. The number of benzene rings is 3. The van der Waals surface area contributed by atoms with E-state index in [0.29, 0.717) is 32.0 Å². The molecule has 3 aromatic carbocycles. The number of hydrogen-bond donors (Lipinski definition) is 0. The van der Waals surface area contributed by atoms with Crippen LogP contribution in [0.2, 0.25) is 5.02 Å². The molecule has 1 saturated heterocycles. The molecule has 0 spiro atoms. The molecule has 0 bridgehead atoms. The van der Waals surface area contributed by atoms with Gasteiger partial charge in [0.15, 0.2) is 4.32 Å². The molecule has 8 heteroatoms. The fraction of sp³-hybridized carbons (Fsp3) is 0.0769. The SMILES string of the molecule is Cc1c(/C=C2\SC(=S)N(c3ccc(Br)c(Cl)c3)C2=O)c2ccccc2n1Cc1ccccc1F. The molecule has 4 aromatic rings. The maximum atomic E-state index is 14.4. The van der Waals surface area contributed by atoms with Crippen molar-refractivity contribution in [2.75, 3.05) is 4.90 Å². The van der Waals surface area contributed by atoms with Gasteiger partial charge < -0.3 is 4.57 Å². The van der Waals surface area contributed by atoms with Gasteiger partial charge in [-0.3, -0.25) is 9.69 Å². The van der Waals surface area contributed by atoms with Gasteiger partial charge in [-0.05, 0) is 59.3 Å². The first-order valence-electron chi connectivity index (χ1n) is 10.4. The lowest BCUT2D eigenvalue weighted by Crippen LogP contribution is -2.27. The van der Waals surface area contributed by atoms with Gasteiger partial charge in [0.25, 0.3) is 5.91 Å². The molecule has 1 aliphatic rings. The summed E-state index contributed by atoms with van der Waals surface area (Å²) in [4.78, 5) is 15.4. The Hall–Kier alpha value is -2.45. The first kappa shape index (κ1) is 23.3. The third kappa shape index (κ3) is 4.11. The summed E-state index contributed by atoms with van der Waals surface area (Å²) in [6, 6.07) is 20.0. The third-order valence-electron chi connectivity index (χ3n) is 5.80. The van der Waals surface area contributed by atoms with Gasteiger partial charge in [0, 0.05) is 32.2 Å². The first-order valence-corrected chi connectivity index (χ1v) is 12.8. The first-order chi connectivity index (χ1) is 16.3. The minimum absolute atomic E-state index is 0.196. The Morgan fingerprint density at radius 2 is 1.85 bits per heavy atom. The number of aromatic nitrogens is 1. The highest BCUT2D eigenvalue weighted by atomic mass is 79.9. The van der Waals surface area contributed by atoms with E-state index in [1.807, 2.05) is 43.3 Å². The Kier molecular flexibility index (Phi) is 6.37. The van der Waals surface area contributed by atoms with Crippen molar-refractivity contribution < 1.29 is 9.18 Å². The van der Waals surface area contributed by atoms with E-state index in [1.165, 1.54) is 22.7 Å². The minimum Gasteiger partial charge on any atom is -0.340 e. The molecular formula is C26H17BrClFN2OS2. The predicted octanol–water partition coefficient (Wildman–Crippen LogP) is 7.96. The molecule has 5 rings (SSSR count). The number of carbonyl (C=O) groups excluding carboxylic acids is 1. The standard InChI is InChI=1S/C26H17BrClFN2OS2/c1-15-19(13-24-25(32)31(26(33)34-24)17-10-11-20(27)21(28)12-17)18-7-3-5-9-23(18)30(15)14-16-6-2-4-8-22(16)29/h2-13H,14H2,1H3/b24-13-. The molecule has 2 heterocycles. The van der Waals surface area contributed by atoms with Crippen LogP contribution in [0.25, 0.3) is 17.0 Å². The second-order valence-electron chi connectivity index (χ2n) is 7.81. The normalized spacial score (nSPS) is 15.2. The number of hydrogen-bond acceptors (Lipinski definition) is 3. The zero-order valence-electron chi connectivity index (χ0n) is 17.9. The van der Waals surface area contributed by atoms with Crippen LogP contribution < -0.4 is 4.90 Å². The fourth-order valence-corrected chi connectivity index (χ4v) is 5.79. The Labute approximate surface area is 219 Å². The van der Waals surface area contributed by atoms with E-state index >= 15 is 0 Å². The summed E-state index contributed by atoms with van der Waals surface area (Å²) in [5.74, 6) is -0.436. The van der Waals surface area contributed by atoms with Gasteiger partial charge in [-0.1, -0.05) is 72.0 Å². The number of thioether (sulfide) groups is 1. The summed E-state index contributed by atoms with van der Waals surface area (Å²) in [6.07, 6.45) is 1.88. The molecule has 1 amide bonds. The molecule has 0 N–H and O–H groups in total. The van der Waals surface area contributed by atoms with Crippen molar-refractivity contribution in [3.05, 3.63) is 104 Å². The number of carbonyl (C=O) groups is 1. The predicted molar refractivity (Wildman–Crippen MR) is 147 cm³/mol. The van der Waals surface area contributed by atoms with Gasteiger partial charge in [-0.2, -0.15) is 0 Å². The molecule has 170 valence electrons. The van der Waals surface area contributed by atoms with Crippen LogP contribution in [0.15, 0.2) is 76.1 Å². The van der Waals surface area contributed by atoms with Gasteiger partial charge in [0.2, 0.25) is 0 Å². The zero-order chi connectivity index (χ0) is 24.0. The summed E-state index contributed by atoms with van der Waals surface area (Å²) < 4.78 is 17.7. The van der Waals surface area contributed by atoms with Gasteiger partial charge in [0.1, 0.15) is 5.82 Å². The molecule has 1 fully saturated rings. The van der Waals surface area contributed by atoms with Crippen LogP contribution in [0.1, 0.15) is 16.8 Å². The van der Waals surface area contributed by atoms with Crippen LogP contribution in [-0.4, -0.2) is 14.8 Å². The van der Waals surface area contributed by atoms with Crippen LogP contribution in [0.5, 0.6) is 0 Å². The number of nitrogens with zero attached hydrogens (tertiary/aromatic N) is 2. The molecule has 1 aliphatic heterocycles. The van der Waals surface area contributed by atoms with Crippen molar-refractivity contribution in [1.82, 2.24) is 4.57 Å². The molecule has 34 heavy (non-hydrogen) atoms. The van der Waals surface area contributed by atoms with E-state index in [-0.39, 0.29) is 11.7 Å². The average Bonchev–Trinajstić information content (AvgIpc) is 3.25. The average molecular weight is 572 g/mol. The second kappa shape index (κ2) is 9.30. The number of halogens is 3. The van der Waals surface area contributed by atoms with Crippen molar-refractivity contribution in [2.45, 2.75) is 13.5 Å². The monoisotopic (exact) mass is 570 g/mol. The molecule has 0 atom stereocenters. The maximum absolute atomic E-state index is 14.4. The number of anilines is 1. The summed E-state index contributed by atoms with van der Waals surface area (Å²) in [6.45, 7) is 2.38. The molecule has 0 saturated carbocycles. The number of para-hydroxylation sites is 1. The van der Waals surface area contributed by atoms with Crippen molar-refractivity contribution in [1.29, 1.82) is 0 Å². The zero-order valence-corrected chi connectivity index (χ0v) is 21.9. The lowest BCUT2D eigenvalue weighted by molar-refractivity contribution is -0.113. The third-order valence-corrected chi connectivity index (χ3v) is 8.33. The maximum Gasteiger partial charge on any atom is 0.270 e. The summed E-state index contributed by atoms with van der Waals surface area (Å²) >= 11 is 16.4. The van der Waals surface area contributed by atoms with Crippen molar-refractivity contribution in [3.63, 3.8) is 0 Å². The van der Waals surface area contributed by atoms with E-state index in [2.05, 4.69) is 20.5 Å². The fourth-order valence-electron chi connectivity index (χ4n) is 4.09. The Balaban J connectivity index is 1.57. The molecule has 0 aliphatic carbocycles. The van der Waals surface area contributed by atoms with Crippen molar-refractivity contribution in [2.24, 2.45) is 0 Å². The topological polar surface area (TPSA) is 25.2 Å². The van der Waals surface area contributed by atoms with E-state index < -0.39 is 0 Å². The number of thiocarbonyl (C=S) groups is 1. The largest absolute Gasteiger partial charge is 0.340 e. The minimum atomic E-state index is -0.240. The Morgan fingerprint density at radius 1 is 1.12 bits per heavy atom. The molecule has 3 nitrogen and oxygen atoms in total. The summed E-state index contributed by atoms with van der Waals surface area (Å²) in [5.41, 5.74) is 4.07. The quantitative estimate of drug-likeness (QED) is 0.184. The molecular weight excluding hydrogens is 555 g/mol. The van der Waals surface area contributed by atoms with Crippen molar-refractivity contribution in [3.8, 4) is 0 Å². The number of rotatable bonds is 4. The molecule has 0 unspecified atom stereocenters. The van der Waals surface area contributed by atoms with Gasteiger partial charge in [-0.15, -0.1) is 0 Å². The van der Waals surface area contributed by atoms with E-state index in [0.717, 1.165) is 26.6 Å². The molecule has 1 aromatic heterocycles. The number of amides is 1. The van der Waals surface area contributed by atoms with Gasteiger partial charge >= 0.3 is 0 Å². The van der Waals surface area contributed by atoms with E-state index in [4.69, 9.17) is 23.8 Å². The van der Waals surface area contributed by atoms with Crippen LogP contribution in [0.4, 0.5) is 10.1 Å². The Morgan fingerprint density at radius 3 is 2.62 bits per heavy atom. The van der Waals surface area contributed by atoms with E-state index in [1.54, 1.807) is 30.3 Å². The number of fused-ring (bicyclic) bond motifs is 1. The van der Waals surface area contributed by atoms with Crippen LogP contribution in [0.3, 0.4) is 0 Å². The summed E-state index contributed by atoms with van der Waals surface area (Å²) in [7, 11) is 0. The van der Waals surface area contributed by atoms with E-state index in [9.17, 15) is 9.18 Å². The van der Waals surface area contributed by atoms with Gasteiger partial charge in [-0.25, -0.2) is 4.39 Å². The van der Waals surface area contributed by atoms with Crippen molar-refractivity contribution >= 4 is 84.4 Å². The second-order valence-corrected chi connectivity index (χ2v) is 10.7. The highest BCUT2D eigenvalue weighted by molar-refractivity contribution is 9.10. The molecule has 0 radical (unpaired) electrons. The highest BCUT2D eigenvalue weighted by Crippen LogP contribution is 2.39. The lowest BCUT2D eigenvalue weighted by Gasteiger charge is -2.15. The van der Waals surface area contributed by atoms with Crippen LogP contribution >= 0.6 is 51.5 Å². The van der Waals surface area contributed by atoms with Crippen LogP contribution in [0, 0.1) is 12.7 Å². The lowest BCUT2D eigenvalue weighted by atomic mass is 10.1. The van der Waals surface area contributed by atoms with Crippen LogP contribution in [-0.2, 0) is 11.3 Å². The van der Waals surface area contributed by atoms with Gasteiger partial charge in [0.05, 0.1) is 22.2 Å². The summed E-state index contributed by atoms with van der Waals surface area (Å²) in [5, 5.41) is 1.50.